The summed E-state index contributed by atoms with van der Waals surface area (Å²) in [5, 5.41) is 10.6. The summed E-state index contributed by atoms with van der Waals surface area (Å²) in [4.78, 5) is 18.8. The summed E-state index contributed by atoms with van der Waals surface area (Å²) in [6, 6.07) is 2.57. The molecule has 2 saturated heterocycles. The molecule has 2 fully saturated rings. The lowest BCUT2D eigenvalue weighted by Gasteiger charge is -2.40. The van der Waals surface area contributed by atoms with Gasteiger partial charge < -0.3 is 24.8 Å². The molecular weight excluding hydrogens is 334 g/mol. The van der Waals surface area contributed by atoms with Crippen LogP contribution >= 0.6 is 0 Å². The van der Waals surface area contributed by atoms with Crippen LogP contribution in [0.15, 0.2) is 21.8 Å². The topological polar surface area (TPSA) is 92.0 Å². The highest BCUT2D eigenvalue weighted by molar-refractivity contribution is 5.80. The molecule has 0 radical (unpaired) electrons. The van der Waals surface area contributed by atoms with E-state index in [1.54, 1.807) is 13.3 Å². The number of rotatable bonds is 3. The maximum Gasteiger partial charge on any atom is 0.410 e. The van der Waals surface area contributed by atoms with E-state index in [2.05, 4.69) is 20.8 Å². The molecule has 0 spiro atoms. The van der Waals surface area contributed by atoms with Crippen molar-refractivity contribution in [3.63, 3.8) is 0 Å². The van der Waals surface area contributed by atoms with E-state index < -0.39 is 5.60 Å². The zero-order chi connectivity index (χ0) is 18.7. The van der Waals surface area contributed by atoms with Gasteiger partial charge in [0.25, 0.3) is 0 Å². The van der Waals surface area contributed by atoms with Gasteiger partial charge in [0, 0.05) is 31.2 Å². The summed E-state index contributed by atoms with van der Waals surface area (Å²) in [5.74, 6) is 0.739. The number of amides is 1. The Kier molecular flexibility index (Phi) is 5.38. The smallest absolute Gasteiger partial charge is 0.410 e. The Labute approximate surface area is 154 Å². The molecule has 1 aromatic rings. The van der Waals surface area contributed by atoms with Gasteiger partial charge in [-0.3, -0.25) is 4.99 Å². The number of fused-ring (bicyclic) bond motifs is 2. The average Bonchev–Trinajstić information content (AvgIpc) is 3.16. The first-order valence-corrected chi connectivity index (χ1v) is 9.23. The van der Waals surface area contributed by atoms with Crippen LogP contribution in [0, 0.1) is 0 Å². The number of aliphatic imine (C=N–C) groups is 1. The van der Waals surface area contributed by atoms with Gasteiger partial charge in [0.15, 0.2) is 5.96 Å². The van der Waals surface area contributed by atoms with Gasteiger partial charge in [0.1, 0.15) is 17.6 Å². The first-order chi connectivity index (χ1) is 12.4. The van der Waals surface area contributed by atoms with Crippen LogP contribution in [0.5, 0.6) is 0 Å². The van der Waals surface area contributed by atoms with Gasteiger partial charge in [-0.25, -0.2) is 4.79 Å². The number of ether oxygens (including phenoxy) is 1. The van der Waals surface area contributed by atoms with Gasteiger partial charge in [-0.1, -0.05) is 5.16 Å². The summed E-state index contributed by atoms with van der Waals surface area (Å²) in [5.41, 5.74) is 0.367. The minimum absolute atomic E-state index is 0.183. The normalized spacial score (nSPS) is 25.9. The molecule has 0 aliphatic carbocycles. The van der Waals surface area contributed by atoms with E-state index in [1.165, 1.54) is 0 Å². The van der Waals surface area contributed by atoms with Gasteiger partial charge in [0.05, 0.1) is 6.54 Å². The van der Waals surface area contributed by atoms with Crippen LogP contribution in [0.4, 0.5) is 4.79 Å². The van der Waals surface area contributed by atoms with Gasteiger partial charge >= 0.3 is 6.09 Å². The van der Waals surface area contributed by atoms with Crippen molar-refractivity contribution in [2.45, 2.75) is 76.7 Å². The monoisotopic (exact) mass is 363 g/mol. The van der Waals surface area contributed by atoms with E-state index >= 15 is 0 Å². The lowest BCUT2D eigenvalue weighted by atomic mass is 9.98. The number of hydrogen-bond acceptors (Lipinski definition) is 5. The highest BCUT2D eigenvalue weighted by Crippen LogP contribution is 2.36. The molecule has 3 heterocycles. The molecule has 2 N–H and O–H groups in total. The van der Waals surface area contributed by atoms with Crippen LogP contribution in [-0.2, 0) is 11.3 Å². The van der Waals surface area contributed by atoms with Crippen LogP contribution in [0.3, 0.4) is 0 Å². The first-order valence-electron chi connectivity index (χ1n) is 9.23. The third kappa shape index (κ3) is 4.47. The second-order valence-electron chi connectivity index (χ2n) is 8.00. The number of carbonyl (C=O) groups is 1. The number of aromatic nitrogens is 1. The van der Waals surface area contributed by atoms with Crippen molar-refractivity contribution in [1.29, 1.82) is 0 Å². The van der Waals surface area contributed by atoms with Crippen molar-refractivity contribution in [2.75, 3.05) is 7.05 Å². The average molecular weight is 363 g/mol. The molecule has 2 bridgehead atoms. The Balaban J connectivity index is 1.54. The van der Waals surface area contributed by atoms with Crippen LogP contribution in [0.2, 0.25) is 0 Å². The molecule has 2 aliphatic heterocycles. The van der Waals surface area contributed by atoms with Crippen LogP contribution in [0.25, 0.3) is 0 Å². The first kappa shape index (κ1) is 18.5. The zero-order valence-corrected chi connectivity index (χ0v) is 16.0. The second kappa shape index (κ2) is 7.55. The fourth-order valence-electron chi connectivity index (χ4n) is 3.80. The van der Waals surface area contributed by atoms with E-state index in [0.29, 0.717) is 6.54 Å². The van der Waals surface area contributed by atoms with Crippen molar-refractivity contribution in [1.82, 2.24) is 20.7 Å². The third-order valence-corrected chi connectivity index (χ3v) is 4.83. The fraction of sp³-hybridized carbons (Fsp3) is 0.722. The molecule has 1 aromatic heterocycles. The lowest BCUT2D eigenvalue weighted by molar-refractivity contribution is 0.00545. The van der Waals surface area contributed by atoms with E-state index in [0.717, 1.165) is 37.3 Å². The lowest BCUT2D eigenvalue weighted by Crippen LogP contribution is -2.54. The Morgan fingerprint density at radius 1 is 1.38 bits per heavy atom. The maximum absolute atomic E-state index is 12.5. The number of hydrogen-bond donors (Lipinski definition) is 2. The van der Waals surface area contributed by atoms with Gasteiger partial charge in [-0.05, 0) is 46.5 Å². The molecule has 2 atom stereocenters. The quantitative estimate of drug-likeness (QED) is 0.632. The number of piperidine rings is 1. The molecular formula is C18H29N5O3. The minimum Gasteiger partial charge on any atom is -0.444 e. The third-order valence-electron chi connectivity index (χ3n) is 4.83. The second-order valence-corrected chi connectivity index (χ2v) is 8.00. The molecule has 3 rings (SSSR count). The molecule has 2 unspecified atom stereocenters. The highest BCUT2D eigenvalue weighted by Gasteiger charge is 2.45. The maximum atomic E-state index is 12.5. The minimum atomic E-state index is -0.460. The van der Waals surface area contributed by atoms with Gasteiger partial charge in [-0.2, -0.15) is 0 Å². The predicted molar refractivity (Wildman–Crippen MR) is 97.7 cm³/mol. The number of nitrogens with one attached hydrogen (secondary N) is 2. The number of guanidine groups is 1. The van der Waals surface area contributed by atoms with E-state index in [4.69, 9.17) is 9.26 Å². The molecule has 1 amide bonds. The summed E-state index contributed by atoms with van der Waals surface area (Å²) in [7, 11) is 1.75. The van der Waals surface area contributed by atoms with Crippen molar-refractivity contribution >= 4 is 12.1 Å². The molecule has 144 valence electrons. The Morgan fingerprint density at radius 2 is 2.08 bits per heavy atom. The summed E-state index contributed by atoms with van der Waals surface area (Å²) in [6.07, 6.45) is 5.25. The standard InChI is InChI=1S/C18H29N5O3/c1-18(2,3)26-17(24)23-14-5-6-15(23)10-13(9-14)21-16(19-4)20-11-12-7-8-25-22-12/h7-8,13-15H,5-6,9-11H2,1-4H3,(H2,19,20,21). The van der Waals surface area contributed by atoms with E-state index in [1.807, 2.05) is 31.7 Å². The van der Waals surface area contributed by atoms with Crippen LogP contribution in [0.1, 0.15) is 52.1 Å². The van der Waals surface area contributed by atoms with Crippen LogP contribution in [-0.4, -0.2) is 52.9 Å². The molecule has 2 aliphatic rings. The van der Waals surface area contributed by atoms with Gasteiger partial charge in [-0.15, -0.1) is 0 Å². The Morgan fingerprint density at radius 3 is 2.62 bits per heavy atom. The van der Waals surface area contributed by atoms with Crippen molar-refractivity contribution in [3.8, 4) is 0 Å². The van der Waals surface area contributed by atoms with Crippen molar-refractivity contribution < 1.29 is 14.1 Å². The highest BCUT2D eigenvalue weighted by atomic mass is 16.6. The van der Waals surface area contributed by atoms with Crippen molar-refractivity contribution in [2.24, 2.45) is 4.99 Å². The predicted octanol–water partition coefficient (Wildman–Crippen LogP) is 2.27. The Hall–Kier alpha value is -2.25. The van der Waals surface area contributed by atoms with Gasteiger partial charge in [0.2, 0.25) is 0 Å². The molecule has 0 saturated carbocycles. The Bertz CT molecular complexity index is 624. The van der Waals surface area contributed by atoms with E-state index in [-0.39, 0.29) is 24.2 Å². The fourth-order valence-corrected chi connectivity index (χ4v) is 3.80. The van der Waals surface area contributed by atoms with Crippen molar-refractivity contribution in [3.05, 3.63) is 18.0 Å². The summed E-state index contributed by atoms with van der Waals surface area (Å²) >= 11 is 0. The molecule has 8 nitrogen and oxygen atoms in total. The number of carbonyl (C=O) groups excluding carboxylic acids is 1. The summed E-state index contributed by atoms with van der Waals surface area (Å²) in [6.45, 7) is 6.28. The molecule has 0 aromatic carbocycles. The zero-order valence-electron chi connectivity index (χ0n) is 16.0. The molecule has 26 heavy (non-hydrogen) atoms. The van der Waals surface area contributed by atoms with E-state index in [9.17, 15) is 4.79 Å². The number of nitrogens with zero attached hydrogens (tertiary/aromatic N) is 3. The molecule has 8 heteroatoms. The largest absolute Gasteiger partial charge is 0.444 e. The SMILES string of the molecule is CN=C(NCc1ccon1)NC1CC2CCC(C1)N2C(=O)OC(C)(C)C. The van der Waals surface area contributed by atoms with Crippen LogP contribution < -0.4 is 10.6 Å². The summed E-state index contributed by atoms with van der Waals surface area (Å²) < 4.78 is 10.4.